The van der Waals surface area contributed by atoms with E-state index in [1.54, 1.807) is 30.3 Å². The summed E-state index contributed by atoms with van der Waals surface area (Å²) in [5.74, 6) is -1.50. The van der Waals surface area contributed by atoms with Crippen molar-refractivity contribution >= 4 is 17.9 Å². The highest BCUT2D eigenvalue weighted by Crippen LogP contribution is 2.12. The van der Waals surface area contributed by atoms with Crippen molar-refractivity contribution in [2.24, 2.45) is 0 Å². The van der Waals surface area contributed by atoms with E-state index in [4.69, 9.17) is 14.2 Å². The molecule has 1 unspecified atom stereocenters. The van der Waals surface area contributed by atoms with Crippen molar-refractivity contribution in [3.8, 4) is 0 Å². The van der Waals surface area contributed by atoms with E-state index in [0.717, 1.165) is 6.08 Å². The predicted octanol–water partition coefficient (Wildman–Crippen LogP) is 1.77. The maximum Gasteiger partial charge on any atom is 0.338 e. The molecule has 1 aromatic carbocycles. The van der Waals surface area contributed by atoms with E-state index in [2.05, 4.69) is 0 Å². The monoisotopic (exact) mass is 302 g/mol. The molecule has 0 radical (unpaired) electrons. The summed E-state index contributed by atoms with van der Waals surface area (Å²) in [5.41, 5.74) is 0.393. The molecular weight excluding hydrogens is 288 g/mol. The molecule has 1 heterocycles. The fraction of sp³-hybridized carbons (Fsp3) is 0.188. The molecule has 2 rings (SSSR count). The zero-order valence-electron chi connectivity index (χ0n) is 11.9. The van der Waals surface area contributed by atoms with Gasteiger partial charge in [-0.05, 0) is 18.2 Å². The molecule has 0 N–H and O–H groups in total. The first-order chi connectivity index (χ1) is 10.5. The molecule has 114 valence electrons. The van der Waals surface area contributed by atoms with Crippen molar-refractivity contribution in [1.82, 2.24) is 0 Å². The largest absolute Gasteiger partial charge is 0.458 e. The van der Waals surface area contributed by atoms with Crippen molar-refractivity contribution in [2.45, 2.75) is 13.0 Å². The number of carbonyl (C=O) groups excluding carboxylic acids is 3. The third-order valence-electron chi connectivity index (χ3n) is 2.65. The minimum absolute atomic E-state index is 0.166. The third-order valence-corrected chi connectivity index (χ3v) is 2.65. The van der Waals surface area contributed by atoms with Crippen LogP contribution in [0.1, 0.15) is 17.3 Å². The molecule has 1 aliphatic heterocycles. The van der Waals surface area contributed by atoms with Gasteiger partial charge in [0.25, 0.3) is 0 Å². The van der Waals surface area contributed by atoms with Gasteiger partial charge in [-0.15, -0.1) is 0 Å². The Kier molecular flexibility index (Phi) is 5.08. The molecule has 0 fully saturated rings. The molecule has 1 aromatic rings. The van der Waals surface area contributed by atoms with Crippen LogP contribution in [0.3, 0.4) is 0 Å². The molecule has 0 saturated carbocycles. The second kappa shape index (κ2) is 7.21. The number of carbonyl (C=O) groups is 3. The molecule has 6 nitrogen and oxygen atoms in total. The van der Waals surface area contributed by atoms with E-state index in [1.165, 1.54) is 19.1 Å². The van der Waals surface area contributed by atoms with Crippen LogP contribution in [-0.2, 0) is 23.8 Å². The summed E-state index contributed by atoms with van der Waals surface area (Å²) in [6.07, 6.45) is 3.03. The van der Waals surface area contributed by atoms with Gasteiger partial charge in [0, 0.05) is 19.1 Å². The Morgan fingerprint density at radius 2 is 1.91 bits per heavy atom. The van der Waals surface area contributed by atoms with Gasteiger partial charge in [-0.25, -0.2) is 9.59 Å². The lowest BCUT2D eigenvalue weighted by Gasteiger charge is -2.13. The van der Waals surface area contributed by atoms with Gasteiger partial charge in [-0.1, -0.05) is 18.2 Å². The molecule has 1 aliphatic rings. The van der Waals surface area contributed by atoms with Gasteiger partial charge in [-0.2, -0.15) is 0 Å². The Bertz CT molecular complexity index is 629. The lowest BCUT2D eigenvalue weighted by Crippen LogP contribution is -2.22. The smallest absolute Gasteiger partial charge is 0.338 e. The van der Waals surface area contributed by atoms with Gasteiger partial charge in [0.05, 0.1) is 5.56 Å². The Balaban J connectivity index is 2.00. The zero-order valence-corrected chi connectivity index (χ0v) is 11.9. The summed E-state index contributed by atoms with van der Waals surface area (Å²) in [4.78, 5) is 34.2. The van der Waals surface area contributed by atoms with Gasteiger partial charge < -0.3 is 14.2 Å². The van der Waals surface area contributed by atoms with Crippen molar-refractivity contribution in [2.75, 3.05) is 6.61 Å². The number of hydrogen-bond donors (Lipinski definition) is 0. The topological polar surface area (TPSA) is 78.9 Å². The summed E-state index contributed by atoms with van der Waals surface area (Å²) in [6, 6.07) is 8.44. The first kappa shape index (κ1) is 15.5. The van der Waals surface area contributed by atoms with Crippen LogP contribution in [0.25, 0.3) is 0 Å². The highest BCUT2D eigenvalue weighted by atomic mass is 16.6. The van der Waals surface area contributed by atoms with Crippen molar-refractivity contribution in [1.29, 1.82) is 0 Å². The van der Waals surface area contributed by atoms with Crippen molar-refractivity contribution in [3.05, 3.63) is 59.9 Å². The van der Waals surface area contributed by atoms with Crippen molar-refractivity contribution in [3.63, 3.8) is 0 Å². The van der Waals surface area contributed by atoms with E-state index >= 15 is 0 Å². The van der Waals surface area contributed by atoms with Gasteiger partial charge in [0.15, 0.2) is 6.10 Å². The van der Waals surface area contributed by atoms with Crippen LogP contribution in [-0.4, -0.2) is 30.6 Å². The summed E-state index contributed by atoms with van der Waals surface area (Å²) in [5, 5.41) is 0. The van der Waals surface area contributed by atoms with Crippen molar-refractivity contribution < 1.29 is 28.6 Å². The number of hydrogen-bond acceptors (Lipinski definition) is 6. The van der Waals surface area contributed by atoms with E-state index < -0.39 is 24.0 Å². The van der Waals surface area contributed by atoms with Crippen LogP contribution < -0.4 is 0 Å². The minimum atomic E-state index is -0.829. The standard InChI is InChI=1S/C16H14O6/c1-11(17)21-13-7-8-15(18)22-14(9-13)10-20-16(19)12-5-3-2-4-6-12/h2-9,14H,10H2,1H3. The maximum atomic E-state index is 11.8. The summed E-state index contributed by atoms with van der Waals surface area (Å²) >= 11 is 0. The molecule has 0 amide bonds. The van der Waals surface area contributed by atoms with Crippen LogP contribution in [0.2, 0.25) is 0 Å². The van der Waals surface area contributed by atoms with Gasteiger partial charge in [0.1, 0.15) is 12.4 Å². The zero-order chi connectivity index (χ0) is 15.9. The fourth-order valence-corrected chi connectivity index (χ4v) is 1.74. The maximum absolute atomic E-state index is 11.8. The summed E-state index contributed by atoms with van der Waals surface area (Å²) in [7, 11) is 0. The first-order valence-corrected chi connectivity index (χ1v) is 6.55. The molecule has 0 aromatic heterocycles. The van der Waals surface area contributed by atoms with E-state index in [-0.39, 0.29) is 12.4 Å². The second-order valence-corrected chi connectivity index (χ2v) is 4.44. The van der Waals surface area contributed by atoms with Crippen LogP contribution in [0.5, 0.6) is 0 Å². The number of rotatable bonds is 4. The first-order valence-electron chi connectivity index (χ1n) is 6.55. The van der Waals surface area contributed by atoms with E-state index in [0.29, 0.717) is 5.56 Å². The summed E-state index contributed by atoms with van der Waals surface area (Å²) < 4.78 is 15.0. The number of benzene rings is 1. The normalized spacial score (nSPS) is 17.0. The van der Waals surface area contributed by atoms with Crippen LogP contribution in [0.15, 0.2) is 54.3 Å². The van der Waals surface area contributed by atoms with Crippen LogP contribution >= 0.6 is 0 Å². The van der Waals surface area contributed by atoms with E-state index in [9.17, 15) is 14.4 Å². The molecule has 6 heteroatoms. The lowest BCUT2D eigenvalue weighted by atomic mass is 10.2. The lowest BCUT2D eigenvalue weighted by molar-refractivity contribution is -0.142. The predicted molar refractivity (Wildman–Crippen MR) is 75.6 cm³/mol. The molecule has 0 aliphatic carbocycles. The average molecular weight is 302 g/mol. The van der Waals surface area contributed by atoms with E-state index in [1.807, 2.05) is 0 Å². The minimum Gasteiger partial charge on any atom is -0.458 e. The quantitative estimate of drug-likeness (QED) is 0.623. The molecular formula is C16H14O6. The SMILES string of the molecule is CC(=O)OC1=CC(COC(=O)c2ccccc2)OC(=O)C=C1. The highest BCUT2D eigenvalue weighted by Gasteiger charge is 2.18. The van der Waals surface area contributed by atoms with Gasteiger partial charge in [0.2, 0.25) is 0 Å². The number of cyclic esters (lactones) is 1. The Morgan fingerprint density at radius 1 is 1.18 bits per heavy atom. The average Bonchev–Trinajstić information content (AvgIpc) is 2.67. The highest BCUT2D eigenvalue weighted by molar-refractivity contribution is 5.89. The van der Waals surface area contributed by atoms with Crippen LogP contribution in [0, 0.1) is 0 Å². The summed E-state index contributed by atoms with van der Waals surface area (Å²) in [6.45, 7) is 1.07. The third kappa shape index (κ3) is 4.59. The number of ether oxygens (including phenoxy) is 3. The fourth-order valence-electron chi connectivity index (χ4n) is 1.74. The Labute approximate surface area is 127 Å². The van der Waals surface area contributed by atoms with Crippen LogP contribution in [0.4, 0.5) is 0 Å². The molecule has 22 heavy (non-hydrogen) atoms. The number of esters is 3. The van der Waals surface area contributed by atoms with Gasteiger partial charge in [-0.3, -0.25) is 4.79 Å². The number of allylic oxidation sites excluding steroid dienone is 1. The second-order valence-electron chi connectivity index (χ2n) is 4.44. The Hall–Kier alpha value is -2.89. The Morgan fingerprint density at radius 3 is 2.59 bits per heavy atom. The molecule has 0 saturated heterocycles. The van der Waals surface area contributed by atoms with Gasteiger partial charge >= 0.3 is 17.9 Å². The molecule has 1 atom stereocenters. The molecule has 0 spiro atoms. The molecule has 0 bridgehead atoms.